The van der Waals surface area contributed by atoms with E-state index in [9.17, 15) is 5.11 Å². The van der Waals surface area contributed by atoms with E-state index in [-0.39, 0.29) is 6.10 Å². The molecule has 7 heteroatoms. The molecule has 5 nitrogen and oxygen atoms in total. The van der Waals surface area contributed by atoms with Crippen molar-refractivity contribution in [1.29, 1.82) is 0 Å². The monoisotopic (exact) mass is 479 g/mol. The Balaban J connectivity index is 1.56. The maximum Gasteiger partial charge on any atom is 0.222 e. The molecule has 0 atom stereocenters. The Morgan fingerprint density at radius 3 is 2.58 bits per heavy atom. The Morgan fingerprint density at radius 1 is 1.06 bits per heavy atom. The molecular formula is C26H26ClN3O2S. The van der Waals surface area contributed by atoms with Crippen molar-refractivity contribution >= 4 is 22.9 Å². The van der Waals surface area contributed by atoms with Gasteiger partial charge >= 0.3 is 0 Å². The third-order valence-electron chi connectivity index (χ3n) is 5.89. The van der Waals surface area contributed by atoms with Gasteiger partial charge in [0.1, 0.15) is 11.7 Å². The summed E-state index contributed by atoms with van der Waals surface area (Å²) < 4.78 is 8.07. The molecule has 0 bridgehead atoms. The highest BCUT2D eigenvalue weighted by Gasteiger charge is 2.25. The van der Waals surface area contributed by atoms with Gasteiger partial charge in [0.25, 0.3) is 0 Å². The van der Waals surface area contributed by atoms with Crippen molar-refractivity contribution in [2.24, 2.45) is 0 Å². The van der Waals surface area contributed by atoms with Gasteiger partial charge in [-0.3, -0.25) is 0 Å². The van der Waals surface area contributed by atoms with Crippen LogP contribution >= 0.6 is 22.9 Å². The number of pyridine rings is 1. The Morgan fingerprint density at radius 2 is 1.82 bits per heavy atom. The van der Waals surface area contributed by atoms with E-state index < -0.39 is 5.60 Å². The molecule has 170 valence electrons. The number of hydrogen-bond donors (Lipinski definition) is 1. The molecule has 3 heterocycles. The topological polar surface area (TPSA) is 60.2 Å². The van der Waals surface area contributed by atoms with Crippen molar-refractivity contribution in [1.82, 2.24) is 14.8 Å². The van der Waals surface area contributed by atoms with E-state index in [4.69, 9.17) is 21.4 Å². The summed E-state index contributed by atoms with van der Waals surface area (Å²) in [6.45, 7) is 3.47. The second-order valence-electron chi connectivity index (χ2n) is 8.88. The van der Waals surface area contributed by atoms with Crippen LogP contribution in [-0.4, -0.2) is 26.0 Å². The van der Waals surface area contributed by atoms with E-state index >= 15 is 0 Å². The molecule has 4 aromatic rings. The minimum atomic E-state index is -1.08. The molecule has 0 saturated heterocycles. The zero-order valence-corrected chi connectivity index (χ0v) is 20.2. The first-order valence-electron chi connectivity index (χ1n) is 11.2. The molecule has 33 heavy (non-hydrogen) atoms. The largest absolute Gasteiger partial charge is 0.474 e. The SMILES string of the molecule is CC(C)(O)c1cc(-c2ccc(-c3cccnc3OC3CCCC3)s2)n(-c2ccccc2Cl)n1. The molecular weight excluding hydrogens is 454 g/mol. The van der Waals surface area contributed by atoms with Crippen molar-refractivity contribution in [2.75, 3.05) is 0 Å². The molecule has 1 N–H and O–H groups in total. The Hall–Kier alpha value is -2.67. The van der Waals surface area contributed by atoms with Gasteiger partial charge in [-0.05, 0) is 82.0 Å². The normalized spacial score (nSPS) is 14.7. The highest BCUT2D eigenvalue weighted by molar-refractivity contribution is 7.18. The van der Waals surface area contributed by atoms with Crippen LogP contribution in [0, 0.1) is 0 Å². The third-order valence-corrected chi connectivity index (χ3v) is 7.35. The Labute approximate surface area is 202 Å². The fraction of sp³-hybridized carbons (Fsp3) is 0.308. The van der Waals surface area contributed by atoms with Crippen LogP contribution in [0.4, 0.5) is 0 Å². The van der Waals surface area contributed by atoms with E-state index in [1.165, 1.54) is 12.8 Å². The number of benzene rings is 1. The fourth-order valence-corrected chi connectivity index (χ4v) is 5.36. The summed E-state index contributed by atoms with van der Waals surface area (Å²) in [5.74, 6) is 0.689. The fourth-order valence-electron chi connectivity index (χ4n) is 4.12. The van der Waals surface area contributed by atoms with Crippen LogP contribution in [0.3, 0.4) is 0 Å². The molecule has 0 unspecified atom stereocenters. The number of para-hydroxylation sites is 1. The highest BCUT2D eigenvalue weighted by atomic mass is 35.5. The van der Waals surface area contributed by atoms with Gasteiger partial charge in [0, 0.05) is 11.1 Å². The van der Waals surface area contributed by atoms with E-state index in [2.05, 4.69) is 23.2 Å². The second kappa shape index (κ2) is 8.93. The first-order valence-corrected chi connectivity index (χ1v) is 12.4. The first kappa shape index (κ1) is 22.1. The molecule has 1 fully saturated rings. The summed E-state index contributed by atoms with van der Waals surface area (Å²) in [4.78, 5) is 6.62. The van der Waals surface area contributed by atoms with Crippen molar-refractivity contribution in [2.45, 2.75) is 51.2 Å². The van der Waals surface area contributed by atoms with Crippen LogP contribution < -0.4 is 4.74 Å². The van der Waals surface area contributed by atoms with Gasteiger partial charge in [0.05, 0.1) is 32.5 Å². The zero-order chi connectivity index (χ0) is 23.0. The number of ether oxygens (including phenoxy) is 1. The quantitative estimate of drug-likeness (QED) is 0.328. The molecule has 1 aliphatic rings. The number of halogens is 1. The van der Waals surface area contributed by atoms with Gasteiger partial charge in [-0.25, -0.2) is 9.67 Å². The minimum absolute atomic E-state index is 0.245. The summed E-state index contributed by atoms with van der Waals surface area (Å²) >= 11 is 8.14. The molecule has 1 aromatic carbocycles. The molecule has 1 aliphatic carbocycles. The van der Waals surface area contributed by atoms with E-state index in [1.807, 2.05) is 41.1 Å². The van der Waals surface area contributed by atoms with Gasteiger partial charge in [0.15, 0.2) is 0 Å². The van der Waals surface area contributed by atoms with E-state index in [0.717, 1.165) is 39.5 Å². The summed E-state index contributed by atoms with van der Waals surface area (Å²) in [6, 6.07) is 17.7. The van der Waals surface area contributed by atoms with Gasteiger partial charge < -0.3 is 9.84 Å². The molecule has 1 saturated carbocycles. The second-order valence-corrected chi connectivity index (χ2v) is 10.4. The predicted molar refractivity (Wildman–Crippen MR) is 133 cm³/mol. The highest BCUT2D eigenvalue weighted by Crippen LogP contribution is 2.40. The Kier molecular flexibility index (Phi) is 5.99. The Bertz CT molecular complexity index is 1270. The standard InChI is InChI=1S/C26H26ClN3O2S/c1-26(2,31)24-16-21(30(29-24)20-12-6-5-11-19(20)27)23-14-13-22(33-23)18-10-7-15-28-25(18)32-17-8-3-4-9-17/h5-7,10-17,31H,3-4,8-9H2,1-2H3. The number of nitrogens with zero attached hydrogens (tertiary/aromatic N) is 3. The average molecular weight is 480 g/mol. The van der Waals surface area contributed by atoms with Crippen LogP contribution in [0.15, 0.2) is 60.8 Å². The van der Waals surface area contributed by atoms with Gasteiger partial charge in [-0.15, -0.1) is 11.3 Å². The molecule has 0 amide bonds. The van der Waals surface area contributed by atoms with Gasteiger partial charge in [0.2, 0.25) is 5.88 Å². The smallest absolute Gasteiger partial charge is 0.222 e. The zero-order valence-electron chi connectivity index (χ0n) is 18.7. The number of thiophene rings is 1. The van der Waals surface area contributed by atoms with E-state index in [1.54, 1.807) is 31.4 Å². The molecule has 0 radical (unpaired) electrons. The molecule has 0 aliphatic heterocycles. The summed E-state index contributed by atoms with van der Waals surface area (Å²) in [7, 11) is 0. The summed E-state index contributed by atoms with van der Waals surface area (Å²) in [5.41, 5.74) is 2.14. The van der Waals surface area contributed by atoms with E-state index in [0.29, 0.717) is 16.6 Å². The lowest BCUT2D eigenvalue weighted by Gasteiger charge is -2.14. The summed E-state index contributed by atoms with van der Waals surface area (Å²) in [5, 5.41) is 15.9. The van der Waals surface area contributed by atoms with Crippen LogP contribution in [0.2, 0.25) is 5.02 Å². The van der Waals surface area contributed by atoms with Crippen LogP contribution in [0.5, 0.6) is 5.88 Å². The number of aromatic nitrogens is 3. The number of aliphatic hydroxyl groups is 1. The van der Waals surface area contributed by atoms with Crippen molar-refractivity contribution in [3.8, 4) is 32.6 Å². The molecule has 5 rings (SSSR count). The van der Waals surface area contributed by atoms with Crippen molar-refractivity contribution in [3.05, 3.63) is 71.5 Å². The van der Waals surface area contributed by atoms with Crippen LogP contribution in [0.1, 0.15) is 45.2 Å². The lowest BCUT2D eigenvalue weighted by atomic mass is 10.1. The summed E-state index contributed by atoms with van der Waals surface area (Å²) in [6.07, 6.45) is 6.63. The van der Waals surface area contributed by atoms with Crippen LogP contribution in [0.25, 0.3) is 26.7 Å². The lowest BCUT2D eigenvalue weighted by Crippen LogP contribution is -2.16. The third kappa shape index (κ3) is 4.56. The molecule has 3 aromatic heterocycles. The predicted octanol–water partition coefficient (Wildman–Crippen LogP) is 6.87. The lowest BCUT2D eigenvalue weighted by molar-refractivity contribution is 0.0734. The molecule has 0 spiro atoms. The van der Waals surface area contributed by atoms with Crippen LogP contribution in [-0.2, 0) is 5.60 Å². The van der Waals surface area contributed by atoms with Gasteiger partial charge in [-0.1, -0.05) is 23.7 Å². The number of hydrogen-bond acceptors (Lipinski definition) is 5. The number of rotatable bonds is 6. The maximum atomic E-state index is 10.6. The minimum Gasteiger partial charge on any atom is -0.474 e. The van der Waals surface area contributed by atoms with Crippen molar-refractivity contribution < 1.29 is 9.84 Å². The van der Waals surface area contributed by atoms with Crippen molar-refractivity contribution in [3.63, 3.8) is 0 Å². The maximum absolute atomic E-state index is 10.6. The van der Waals surface area contributed by atoms with Gasteiger partial charge in [-0.2, -0.15) is 5.10 Å². The first-order chi connectivity index (χ1) is 15.9. The average Bonchev–Trinajstić information content (AvgIpc) is 3.54.